The van der Waals surface area contributed by atoms with E-state index >= 15 is 0 Å². The van der Waals surface area contributed by atoms with Crippen LogP contribution in [0.5, 0.6) is 0 Å². The summed E-state index contributed by atoms with van der Waals surface area (Å²) < 4.78 is 0. The lowest BCUT2D eigenvalue weighted by atomic mass is 9.88. The van der Waals surface area contributed by atoms with E-state index in [1.807, 2.05) is 0 Å². The molecule has 2 saturated heterocycles. The number of likely N-dealkylation sites (tertiary alicyclic amines) is 2. The first-order valence-corrected chi connectivity index (χ1v) is 10.7. The van der Waals surface area contributed by atoms with Crippen LogP contribution >= 0.6 is 0 Å². The van der Waals surface area contributed by atoms with Gasteiger partial charge in [0, 0.05) is 26.2 Å². The fraction of sp³-hybridized carbons (Fsp3) is 0.440. The van der Waals surface area contributed by atoms with Gasteiger partial charge >= 0.3 is 0 Å². The number of hydrogen-bond acceptors (Lipinski definition) is 2. The van der Waals surface area contributed by atoms with Crippen molar-refractivity contribution in [1.29, 1.82) is 0 Å². The fourth-order valence-corrected chi connectivity index (χ4v) is 4.55. The Hall–Kier alpha value is -1.90. The Morgan fingerprint density at radius 3 is 1.59 bits per heavy atom. The van der Waals surface area contributed by atoms with Crippen molar-refractivity contribution < 1.29 is 0 Å². The van der Waals surface area contributed by atoms with E-state index in [0.29, 0.717) is 0 Å². The largest absolute Gasteiger partial charge is 0.302 e. The molecule has 27 heavy (non-hydrogen) atoms. The lowest BCUT2D eigenvalue weighted by Crippen LogP contribution is -2.40. The monoisotopic (exact) mass is 360 g/mol. The van der Waals surface area contributed by atoms with Crippen molar-refractivity contribution in [2.24, 2.45) is 0 Å². The molecule has 0 bridgehead atoms. The predicted octanol–water partition coefficient (Wildman–Crippen LogP) is 5.07. The molecule has 2 heterocycles. The predicted molar refractivity (Wildman–Crippen MR) is 115 cm³/mol. The molecule has 0 aliphatic carbocycles. The Kier molecular flexibility index (Phi) is 6.39. The molecule has 0 amide bonds. The van der Waals surface area contributed by atoms with Crippen molar-refractivity contribution in [2.75, 3.05) is 39.3 Å². The van der Waals surface area contributed by atoms with Gasteiger partial charge in [-0.3, -0.25) is 0 Å². The highest BCUT2D eigenvalue weighted by Gasteiger charge is 2.19. The van der Waals surface area contributed by atoms with Gasteiger partial charge in [0.1, 0.15) is 0 Å². The molecule has 0 unspecified atom stereocenters. The van der Waals surface area contributed by atoms with Crippen LogP contribution in [-0.4, -0.2) is 49.1 Å². The molecule has 2 aromatic carbocycles. The average molecular weight is 361 g/mol. The van der Waals surface area contributed by atoms with Gasteiger partial charge < -0.3 is 9.80 Å². The van der Waals surface area contributed by atoms with Crippen LogP contribution in [0.1, 0.15) is 43.2 Å². The topological polar surface area (TPSA) is 6.48 Å². The van der Waals surface area contributed by atoms with Crippen LogP contribution < -0.4 is 0 Å². The lowest BCUT2D eigenvalue weighted by molar-refractivity contribution is 0.176. The maximum absolute atomic E-state index is 2.67. The molecular weight excluding hydrogens is 328 g/mol. The van der Waals surface area contributed by atoms with Gasteiger partial charge in [0.25, 0.3) is 0 Å². The van der Waals surface area contributed by atoms with Crippen molar-refractivity contribution in [3.8, 4) is 0 Å². The molecule has 0 radical (unpaired) electrons. The minimum Gasteiger partial charge on any atom is -0.302 e. The fourth-order valence-electron chi connectivity index (χ4n) is 4.55. The lowest BCUT2D eigenvalue weighted by Gasteiger charge is -2.33. The minimum atomic E-state index is 1.19. The Morgan fingerprint density at radius 1 is 0.593 bits per heavy atom. The van der Waals surface area contributed by atoms with Crippen molar-refractivity contribution in [3.63, 3.8) is 0 Å². The smallest absolute Gasteiger partial charge is 0.0110 e. The molecule has 2 aliphatic heterocycles. The zero-order valence-corrected chi connectivity index (χ0v) is 16.4. The normalized spacial score (nSPS) is 19.2. The molecule has 142 valence electrons. The highest BCUT2D eigenvalue weighted by Crippen LogP contribution is 2.32. The third-order valence-electron chi connectivity index (χ3n) is 6.12. The van der Waals surface area contributed by atoms with Crippen molar-refractivity contribution >= 4 is 5.57 Å². The van der Waals surface area contributed by atoms with Crippen LogP contribution in [-0.2, 0) is 0 Å². The zero-order chi connectivity index (χ0) is 18.3. The SMILES string of the molecule is c1ccc(C(=C2CCN(CCN3CCCCC3)CC2)c2ccccc2)cc1. The second-order valence-electron chi connectivity index (χ2n) is 7.95. The number of hydrogen-bond donors (Lipinski definition) is 0. The maximum Gasteiger partial charge on any atom is 0.0110 e. The van der Waals surface area contributed by atoms with Gasteiger partial charge in [-0.1, -0.05) is 72.7 Å². The molecule has 0 N–H and O–H groups in total. The van der Waals surface area contributed by atoms with Crippen molar-refractivity contribution in [2.45, 2.75) is 32.1 Å². The molecule has 2 aliphatic rings. The summed E-state index contributed by atoms with van der Waals surface area (Å²) in [5, 5.41) is 0. The van der Waals surface area contributed by atoms with Gasteiger partial charge in [0.15, 0.2) is 0 Å². The summed E-state index contributed by atoms with van der Waals surface area (Å²) in [6, 6.07) is 21.9. The maximum atomic E-state index is 2.67. The Labute approximate surface area is 164 Å². The molecule has 0 aromatic heterocycles. The zero-order valence-electron chi connectivity index (χ0n) is 16.4. The molecule has 0 atom stereocenters. The summed E-state index contributed by atoms with van der Waals surface area (Å²) in [7, 11) is 0. The average Bonchev–Trinajstić information content (AvgIpc) is 2.76. The summed E-state index contributed by atoms with van der Waals surface area (Å²) in [5.74, 6) is 0. The summed E-state index contributed by atoms with van der Waals surface area (Å²) in [5.41, 5.74) is 5.81. The molecule has 2 fully saturated rings. The molecule has 4 rings (SSSR count). The first-order chi connectivity index (χ1) is 13.4. The van der Waals surface area contributed by atoms with Gasteiger partial charge in [0.2, 0.25) is 0 Å². The number of rotatable bonds is 5. The summed E-state index contributed by atoms with van der Waals surface area (Å²) in [6.07, 6.45) is 6.60. The van der Waals surface area contributed by atoms with Gasteiger partial charge in [-0.05, 0) is 55.5 Å². The quantitative estimate of drug-likeness (QED) is 0.734. The minimum absolute atomic E-state index is 1.19. The van der Waals surface area contributed by atoms with Crippen LogP contribution in [0.2, 0.25) is 0 Å². The molecule has 0 saturated carbocycles. The Bertz CT molecular complexity index is 678. The molecule has 0 spiro atoms. The van der Waals surface area contributed by atoms with Crippen molar-refractivity contribution in [3.05, 3.63) is 77.4 Å². The van der Waals surface area contributed by atoms with Crippen LogP contribution in [0.25, 0.3) is 5.57 Å². The number of benzene rings is 2. The van der Waals surface area contributed by atoms with Gasteiger partial charge in [-0.15, -0.1) is 0 Å². The van der Waals surface area contributed by atoms with Gasteiger partial charge in [-0.2, -0.15) is 0 Å². The van der Waals surface area contributed by atoms with Gasteiger partial charge in [0.05, 0.1) is 0 Å². The number of piperidine rings is 2. The van der Waals surface area contributed by atoms with E-state index in [1.54, 1.807) is 5.57 Å². The van der Waals surface area contributed by atoms with Crippen molar-refractivity contribution in [1.82, 2.24) is 9.80 Å². The van der Waals surface area contributed by atoms with Crippen LogP contribution in [0.3, 0.4) is 0 Å². The van der Waals surface area contributed by atoms with E-state index in [1.165, 1.54) is 88.1 Å². The van der Waals surface area contributed by atoms with Crippen LogP contribution in [0.4, 0.5) is 0 Å². The van der Waals surface area contributed by atoms with E-state index in [0.717, 1.165) is 0 Å². The molecule has 2 nitrogen and oxygen atoms in total. The van der Waals surface area contributed by atoms with E-state index in [9.17, 15) is 0 Å². The summed E-state index contributed by atoms with van der Waals surface area (Å²) >= 11 is 0. The van der Waals surface area contributed by atoms with E-state index < -0.39 is 0 Å². The standard InChI is InChI=1S/C25H32N2/c1-4-10-22(11-5-1)25(23-12-6-2-7-13-23)24-14-18-27(19-15-24)21-20-26-16-8-3-9-17-26/h1-2,4-7,10-13H,3,8-9,14-21H2. The highest BCUT2D eigenvalue weighted by molar-refractivity contribution is 5.82. The number of nitrogens with zero attached hydrogens (tertiary/aromatic N) is 2. The van der Waals surface area contributed by atoms with Crippen LogP contribution in [0, 0.1) is 0 Å². The third kappa shape index (κ3) is 4.88. The second-order valence-corrected chi connectivity index (χ2v) is 7.95. The first-order valence-electron chi connectivity index (χ1n) is 10.7. The van der Waals surface area contributed by atoms with E-state index in [4.69, 9.17) is 0 Å². The Balaban J connectivity index is 1.45. The highest BCUT2D eigenvalue weighted by atomic mass is 15.2. The van der Waals surface area contributed by atoms with E-state index in [2.05, 4.69) is 70.5 Å². The molecule has 2 heteroatoms. The van der Waals surface area contributed by atoms with E-state index in [-0.39, 0.29) is 0 Å². The molecule has 2 aromatic rings. The van der Waals surface area contributed by atoms with Gasteiger partial charge in [-0.25, -0.2) is 0 Å². The third-order valence-corrected chi connectivity index (χ3v) is 6.12. The first kappa shape index (κ1) is 18.5. The summed E-state index contributed by atoms with van der Waals surface area (Å²) in [4.78, 5) is 5.33. The second kappa shape index (κ2) is 9.34. The molecular formula is C25H32N2. The Morgan fingerprint density at radius 2 is 1.07 bits per heavy atom. The van der Waals surface area contributed by atoms with Crippen LogP contribution in [0.15, 0.2) is 66.2 Å². The summed E-state index contributed by atoms with van der Waals surface area (Å²) in [6.45, 7) is 7.51.